The zero-order chi connectivity index (χ0) is 13.1. The zero-order valence-corrected chi connectivity index (χ0v) is 10.7. The number of hydrogen-bond donors (Lipinski definition) is 1. The molecule has 0 radical (unpaired) electrons. The molecule has 1 heterocycles. The number of hydrogen-bond acceptors (Lipinski definition) is 3. The van der Waals surface area contributed by atoms with Gasteiger partial charge >= 0.3 is 0 Å². The summed E-state index contributed by atoms with van der Waals surface area (Å²) in [5.74, 6) is -0.637. The molecule has 2 rings (SSSR count). The average Bonchev–Trinajstić information content (AvgIpc) is 2.68. The molecule has 0 spiro atoms. The van der Waals surface area contributed by atoms with Crippen LogP contribution in [0.1, 0.15) is 5.69 Å². The summed E-state index contributed by atoms with van der Waals surface area (Å²) in [7, 11) is 1.84. The predicted octanol–water partition coefficient (Wildman–Crippen LogP) is 2.62. The molecule has 1 aromatic heterocycles. The summed E-state index contributed by atoms with van der Waals surface area (Å²) in [6.45, 7) is 0. The summed E-state index contributed by atoms with van der Waals surface area (Å²) >= 11 is 1.14. The quantitative estimate of drug-likeness (QED) is 0.685. The summed E-state index contributed by atoms with van der Waals surface area (Å²) in [6.07, 6.45) is 2.40. The molecule has 2 aromatic rings. The molecule has 0 bridgehead atoms. The second-order valence-electron chi connectivity index (χ2n) is 3.86. The van der Waals surface area contributed by atoms with E-state index in [1.54, 1.807) is 10.9 Å². The fourth-order valence-electron chi connectivity index (χ4n) is 1.62. The topological polar surface area (TPSA) is 43.8 Å². The van der Waals surface area contributed by atoms with Crippen molar-refractivity contribution in [1.29, 1.82) is 0 Å². The van der Waals surface area contributed by atoms with E-state index < -0.39 is 11.6 Å². The molecule has 0 saturated heterocycles. The van der Waals surface area contributed by atoms with Gasteiger partial charge in [-0.15, -0.1) is 11.8 Å². The molecule has 0 aliphatic rings. The van der Waals surface area contributed by atoms with Gasteiger partial charge in [-0.1, -0.05) is 0 Å². The van der Waals surface area contributed by atoms with Crippen molar-refractivity contribution in [2.75, 3.05) is 11.5 Å². The minimum Gasteiger partial charge on any atom is -0.399 e. The van der Waals surface area contributed by atoms with Crippen LogP contribution in [-0.4, -0.2) is 15.5 Å². The highest BCUT2D eigenvalue weighted by Gasteiger charge is 2.11. The Labute approximate surface area is 108 Å². The van der Waals surface area contributed by atoms with E-state index in [0.717, 1.165) is 29.6 Å². The monoisotopic (exact) mass is 269 g/mol. The van der Waals surface area contributed by atoms with Crippen LogP contribution in [0.15, 0.2) is 29.3 Å². The third-order valence-electron chi connectivity index (χ3n) is 2.55. The first-order valence-corrected chi connectivity index (χ1v) is 6.40. The van der Waals surface area contributed by atoms with Gasteiger partial charge in [0.1, 0.15) is 11.6 Å². The first-order chi connectivity index (χ1) is 8.58. The van der Waals surface area contributed by atoms with E-state index in [9.17, 15) is 8.78 Å². The summed E-state index contributed by atoms with van der Waals surface area (Å²) in [4.78, 5) is 0.0198. The third kappa shape index (κ3) is 2.81. The first-order valence-electron chi connectivity index (χ1n) is 5.42. The second kappa shape index (κ2) is 5.39. The SMILES string of the molecule is Cn1nccc1CCSc1c(F)cc(N)cc1F. The molecule has 0 aliphatic carbocycles. The van der Waals surface area contributed by atoms with Crippen molar-refractivity contribution in [2.24, 2.45) is 7.05 Å². The maximum absolute atomic E-state index is 13.5. The number of halogens is 2. The fourth-order valence-corrected chi connectivity index (χ4v) is 2.53. The van der Waals surface area contributed by atoms with Gasteiger partial charge in [0.2, 0.25) is 0 Å². The molecule has 2 N–H and O–H groups in total. The van der Waals surface area contributed by atoms with Gasteiger partial charge in [-0.2, -0.15) is 5.10 Å². The molecule has 0 amide bonds. The number of aromatic nitrogens is 2. The second-order valence-corrected chi connectivity index (χ2v) is 4.96. The highest BCUT2D eigenvalue weighted by molar-refractivity contribution is 7.99. The van der Waals surface area contributed by atoms with Crippen molar-refractivity contribution in [1.82, 2.24) is 9.78 Å². The molecule has 1 aromatic carbocycles. The van der Waals surface area contributed by atoms with Crippen LogP contribution in [0.2, 0.25) is 0 Å². The molecule has 18 heavy (non-hydrogen) atoms. The van der Waals surface area contributed by atoms with E-state index in [4.69, 9.17) is 5.73 Å². The van der Waals surface area contributed by atoms with Crippen molar-refractivity contribution >= 4 is 17.4 Å². The van der Waals surface area contributed by atoms with Crippen molar-refractivity contribution < 1.29 is 8.78 Å². The van der Waals surface area contributed by atoms with Gasteiger partial charge in [0, 0.05) is 30.4 Å². The van der Waals surface area contributed by atoms with Crippen LogP contribution in [-0.2, 0) is 13.5 Å². The number of benzene rings is 1. The van der Waals surface area contributed by atoms with Crippen LogP contribution in [0.25, 0.3) is 0 Å². The fraction of sp³-hybridized carbons (Fsp3) is 0.250. The van der Waals surface area contributed by atoms with Gasteiger partial charge in [0.05, 0.1) is 4.90 Å². The van der Waals surface area contributed by atoms with Crippen molar-refractivity contribution in [3.63, 3.8) is 0 Å². The number of thioether (sulfide) groups is 1. The number of rotatable bonds is 4. The lowest BCUT2D eigenvalue weighted by Gasteiger charge is -2.06. The van der Waals surface area contributed by atoms with Crippen LogP contribution >= 0.6 is 11.8 Å². The predicted molar refractivity (Wildman–Crippen MR) is 68.4 cm³/mol. The number of nitrogens with zero attached hydrogens (tertiary/aromatic N) is 2. The van der Waals surface area contributed by atoms with Crippen LogP contribution in [0.3, 0.4) is 0 Å². The van der Waals surface area contributed by atoms with Gasteiger partial charge in [-0.3, -0.25) is 4.68 Å². The van der Waals surface area contributed by atoms with Crippen LogP contribution < -0.4 is 5.73 Å². The van der Waals surface area contributed by atoms with E-state index in [0.29, 0.717) is 12.2 Å². The van der Waals surface area contributed by atoms with E-state index in [2.05, 4.69) is 5.10 Å². The Morgan fingerprint density at radius 1 is 1.33 bits per heavy atom. The Balaban J connectivity index is 2.01. The molecule has 0 aliphatic heterocycles. The van der Waals surface area contributed by atoms with E-state index in [-0.39, 0.29) is 10.6 Å². The number of anilines is 1. The molecular formula is C12H13F2N3S. The maximum Gasteiger partial charge on any atom is 0.141 e. The first kappa shape index (κ1) is 12.9. The lowest BCUT2D eigenvalue weighted by atomic mass is 10.3. The number of nitrogen functional groups attached to an aromatic ring is 1. The van der Waals surface area contributed by atoms with Gasteiger partial charge < -0.3 is 5.73 Å². The Morgan fingerprint density at radius 3 is 2.56 bits per heavy atom. The van der Waals surface area contributed by atoms with Crippen LogP contribution in [0.4, 0.5) is 14.5 Å². The van der Waals surface area contributed by atoms with E-state index >= 15 is 0 Å². The van der Waals surface area contributed by atoms with Crippen molar-refractivity contribution in [2.45, 2.75) is 11.3 Å². The summed E-state index contributed by atoms with van der Waals surface area (Å²) in [6, 6.07) is 4.15. The highest BCUT2D eigenvalue weighted by atomic mass is 32.2. The summed E-state index contributed by atoms with van der Waals surface area (Å²) < 4.78 is 28.7. The maximum atomic E-state index is 13.5. The highest BCUT2D eigenvalue weighted by Crippen LogP contribution is 2.27. The Bertz CT molecular complexity index is 531. The van der Waals surface area contributed by atoms with Crippen molar-refractivity contribution in [3.8, 4) is 0 Å². The van der Waals surface area contributed by atoms with Gasteiger partial charge in [-0.05, 0) is 24.6 Å². The van der Waals surface area contributed by atoms with Crippen LogP contribution in [0.5, 0.6) is 0 Å². The summed E-state index contributed by atoms with van der Waals surface area (Å²) in [5, 5.41) is 4.03. The normalized spacial score (nSPS) is 10.8. The molecular weight excluding hydrogens is 256 g/mol. The van der Waals surface area contributed by atoms with E-state index in [1.165, 1.54) is 0 Å². The molecule has 6 heteroatoms. The zero-order valence-electron chi connectivity index (χ0n) is 9.86. The molecule has 0 atom stereocenters. The standard InChI is InChI=1S/C12H13F2N3S/c1-17-9(2-4-16-17)3-5-18-12-10(13)6-8(15)7-11(12)14/h2,4,6-7H,3,5,15H2,1H3. The Kier molecular flexibility index (Phi) is 3.86. The Hall–Kier alpha value is -1.56. The van der Waals surface area contributed by atoms with Gasteiger partial charge in [0.15, 0.2) is 0 Å². The van der Waals surface area contributed by atoms with Gasteiger partial charge in [-0.25, -0.2) is 8.78 Å². The molecule has 0 saturated carbocycles. The average molecular weight is 269 g/mol. The van der Waals surface area contributed by atoms with Crippen molar-refractivity contribution in [3.05, 3.63) is 41.7 Å². The number of aryl methyl sites for hydroxylation is 2. The minimum atomic E-state index is -0.609. The molecule has 96 valence electrons. The van der Waals surface area contributed by atoms with E-state index in [1.807, 2.05) is 13.1 Å². The smallest absolute Gasteiger partial charge is 0.141 e. The lowest BCUT2D eigenvalue weighted by Crippen LogP contribution is -2.00. The minimum absolute atomic E-state index is 0.0198. The Morgan fingerprint density at radius 2 is 2.00 bits per heavy atom. The van der Waals surface area contributed by atoms with Gasteiger partial charge in [0.25, 0.3) is 0 Å². The largest absolute Gasteiger partial charge is 0.399 e. The molecule has 0 unspecified atom stereocenters. The molecule has 0 fully saturated rings. The third-order valence-corrected chi connectivity index (χ3v) is 3.63. The number of nitrogens with two attached hydrogens (primary N) is 1. The molecule has 3 nitrogen and oxygen atoms in total. The van der Waals surface area contributed by atoms with Crippen LogP contribution in [0, 0.1) is 11.6 Å². The summed E-state index contributed by atoms with van der Waals surface area (Å²) in [5.41, 5.74) is 6.48. The lowest BCUT2D eigenvalue weighted by molar-refractivity contribution is 0.542.